The Labute approximate surface area is 349 Å². The molecule has 0 saturated heterocycles. The number of nitrogens with one attached hydrogen (secondary N) is 3. The molecule has 2 aromatic carbocycles. The minimum absolute atomic E-state index is 0.0901. The van der Waals surface area contributed by atoms with Gasteiger partial charge in [0.2, 0.25) is 11.8 Å². The van der Waals surface area contributed by atoms with Crippen molar-refractivity contribution in [1.29, 1.82) is 0 Å². The fraction of sp³-hybridized carbons (Fsp3) is 0.688. The molecule has 4 atom stereocenters. The summed E-state index contributed by atoms with van der Waals surface area (Å²) in [6, 6.07) is 10.9. The first-order valence-corrected chi connectivity index (χ1v) is 22.4. The van der Waals surface area contributed by atoms with Crippen LogP contribution in [-0.4, -0.2) is 64.8 Å². The van der Waals surface area contributed by atoms with E-state index in [1.165, 1.54) is 80.2 Å². The van der Waals surface area contributed by atoms with Crippen LogP contribution in [0.2, 0.25) is 0 Å². The van der Waals surface area contributed by atoms with Crippen molar-refractivity contribution in [2.45, 2.75) is 181 Å². The third-order valence-electron chi connectivity index (χ3n) is 12.8. The number of rotatable bonds is 11. The molecule has 0 spiro atoms. The van der Waals surface area contributed by atoms with E-state index in [9.17, 15) is 19.5 Å². The van der Waals surface area contributed by atoms with E-state index in [4.69, 9.17) is 9.47 Å². The van der Waals surface area contributed by atoms with Gasteiger partial charge in [0.05, 0.1) is 19.7 Å². The van der Waals surface area contributed by atoms with Crippen molar-refractivity contribution in [2.24, 2.45) is 23.7 Å². The zero-order chi connectivity index (χ0) is 42.0. The molecule has 0 bridgehead atoms. The second-order valence-electron chi connectivity index (χ2n) is 19.3. The largest absolute Gasteiger partial charge is 0.508 e. The number of hydrogen-bond acceptors (Lipinski definition) is 7. The Bertz CT molecular complexity index is 1660. The van der Waals surface area contributed by atoms with E-state index in [2.05, 4.69) is 55.8 Å². The maximum atomic E-state index is 13.5. The molecule has 2 saturated carbocycles. The molecule has 10 heteroatoms. The lowest BCUT2D eigenvalue weighted by Gasteiger charge is -2.38. The highest BCUT2D eigenvalue weighted by molar-refractivity contribution is 5.87. The Balaban J connectivity index is 0.000000226. The molecule has 6 rings (SSSR count). The van der Waals surface area contributed by atoms with Gasteiger partial charge >= 0.3 is 6.09 Å². The molecule has 0 aromatic heterocycles. The number of aromatic hydroxyl groups is 1. The van der Waals surface area contributed by atoms with Crippen molar-refractivity contribution in [3.8, 4) is 11.5 Å². The molecule has 2 aliphatic heterocycles. The number of fused-ring (bicyclic) bond motifs is 2. The number of amides is 3. The third-order valence-corrected chi connectivity index (χ3v) is 12.8. The number of phenolic OH excluding ortho intramolecular Hbond substituents is 1. The van der Waals surface area contributed by atoms with E-state index in [1.807, 2.05) is 32.9 Å². The molecular formula is C48H74N4O6. The molecule has 4 aliphatic rings. The van der Waals surface area contributed by atoms with E-state index >= 15 is 0 Å². The van der Waals surface area contributed by atoms with Crippen LogP contribution in [0.4, 0.5) is 4.79 Å². The zero-order valence-corrected chi connectivity index (χ0v) is 36.8. The van der Waals surface area contributed by atoms with Crippen LogP contribution < -0.4 is 20.7 Å². The number of ether oxygens (including phenoxy) is 2. The lowest BCUT2D eigenvalue weighted by Crippen LogP contribution is -2.56. The number of methoxy groups -OCH3 is 1. The first-order chi connectivity index (χ1) is 27.6. The highest BCUT2D eigenvalue weighted by Gasteiger charge is 2.38. The van der Waals surface area contributed by atoms with E-state index in [0.29, 0.717) is 24.2 Å². The van der Waals surface area contributed by atoms with Gasteiger partial charge in [-0.3, -0.25) is 14.5 Å². The molecule has 322 valence electrons. The second kappa shape index (κ2) is 20.9. The van der Waals surface area contributed by atoms with Gasteiger partial charge in [0.1, 0.15) is 23.1 Å². The van der Waals surface area contributed by atoms with Gasteiger partial charge < -0.3 is 30.5 Å². The fourth-order valence-corrected chi connectivity index (χ4v) is 9.24. The average molecular weight is 803 g/mol. The Kier molecular flexibility index (Phi) is 16.4. The summed E-state index contributed by atoms with van der Waals surface area (Å²) < 4.78 is 10.9. The van der Waals surface area contributed by atoms with E-state index in [0.717, 1.165) is 48.6 Å². The van der Waals surface area contributed by atoms with Gasteiger partial charge in [-0.15, -0.1) is 0 Å². The average Bonchev–Trinajstić information content (AvgIpc) is 3.19. The standard InChI is InChI=1S/C26H40N2O4.C22H34N2O2/c1-17(2)22(13-18-9-7-6-8-10-18)27-24(30)23-15-19-11-12-21(29)14-20(19)16-28(23)25(31)32-26(3,4)5;1-15(2)20(11-16-7-5-4-6-8-16)24-22(25)21-13-17-9-10-19(26-3)12-18(17)14-23-21/h11-12,14,17-18,22-23,29H,6-10,13,15-16H2,1-5H3,(H,27,30);9-10,12,15-16,20-21,23H,4-8,11,13-14H2,1-3H3,(H,24,25)/t22-,23-;20-,21-/m11/s1. The molecule has 58 heavy (non-hydrogen) atoms. The Morgan fingerprint density at radius 2 is 1.31 bits per heavy atom. The van der Waals surface area contributed by atoms with Gasteiger partial charge in [0.15, 0.2) is 0 Å². The number of nitrogens with zero attached hydrogens (tertiary/aromatic N) is 1. The van der Waals surface area contributed by atoms with Gasteiger partial charge in [0, 0.05) is 25.0 Å². The maximum absolute atomic E-state index is 13.5. The van der Waals surface area contributed by atoms with Crippen LogP contribution in [0.15, 0.2) is 36.4 Å². The van der Waals surface area contributed by atoms with E-state index in [-0.39, 0.29) is 42.2 Å². The van der Waals surface area contributed by atoms with Crippen molar-refractivity contribution < 1.29 is 29.0 Å². The van der Waals surface area contributed by atoms with Crippen LogP contribution in [0.5, 0.6) is 11.5 Å². The molecule has 3 amide bonds. The van der Waals surface area contributed by atoms with Crippen molar-refractivity contribution in [1.82, 2.24) is 20.9 Å². The summed E-state index contributed by atoms with van der Waals surface area (Å²) in [6.45, 7) is 15.2. The van der Waals surface area contributed by atoms with Gasteiger partial charge in [-0.05, 0) is 110 Å². The second-order valence-corrected chi connectivity index (χ2v) is 19.3. The monoisotopic (exact) mass is 803 g/mol. The van der Waals surface area contributed by atoms with Crippen molar-refractivity contribution in [2.75, 3.05) is 7.11 Å². The topological polar surface area (TPSA) is 129 Å². The normalized spacial score (nSPS) is 21.2. The molecule has 2 fully saturated rings. The summed E-state index contributed by atoms with van der Waals surface area (Å²) >= 11 is 0. The van der Waals surface area contributed by atoms with Gasteiger partial charge in [-0.25, -0.2) is 4.79 Å². The molecule has 2 aliphatic carbocycles. The Hall–Kier alpha value is -3.79. The molecule has 10 nitrogen and oxygen atoms in total. The Morgan fingerprint density at radius 3 is 1.86 bits per heavy atom. The quantitative estimate of drug-likeness (QED) is 0.179. The molecule has 2 aromatic rings. The van der Waals surface area contributed by atoms with Crippen LogP contribution in [-0.2, 0) is 40.3 Å². The first-order valence-electron chi connectivity index (χ1n) is 22.4. The highest BCUT2D eigenvalue weighted by Crippen LogP contribution is 2.32. The van der Waals surface area contributed by atoms with Gasteiger partial charge in [-0.2, -0.15) is 0 Å². The number of hydrogen-bond donors (Lipinski definition) is 4. The number of carbonyl (C=O) groups is 3. The summed E-state index contributed by atoms with van der Waals surface area (Å²) in [6.07, 6.45) is 15.9. The molecule has 4 N–H and O–H groups in total. The summed E-state index contributed by atoms with van der Waals surface area (Å²) in [5, 5.41) is 19.9. The fourth-order valence-electron chi connectivity index (χ4n) is 9.24. The smallest absolute Gasteiger partial charge is 0.411 e. The maximum Gasteiger partial charge on any atom is 0.411 e. The number of carbonyl (C=O) groups excluding carboxylic acids is 3. The van der Waals surface area contributed by atoms with Gasteiger partial charge in [0.25, 0.3) is 0 Å². The summed E-state index contributed by atoms with van der Waals surface area (Å²) in [4.78, 5) is 40.9. The number of phenols is 1. The van der Waals surface area contributed by atoms with Crippen LogP contribution >= 0.6 is 0 Å². The summed E-state index contributed by atoms with van der Waals surface area (Å²) in [5.74, 6) is 3.30. The molecular weight excluding hydrogens is 729 g/mol. The highest BCUT2D eigenvalue weighted by atomic mass is 16.6. The van der Waals surface area contributed by atoms with E-state index < -0.39 is 17.7 Å². The van der Waals surface area contributed by atoms with Crippen molar-refractivity contribution in [3.63, 3.8) is 0 Å². The van der Waals surface area contributed by atoms with Crippen LogP contribution in [0, 0.1) is 23.7 Å². The van der Waals surface area contributed by atoms with E-state index in [1.54, 1.807) is 19.2 Å². The molecule has 0 unspecified atom stereocenters. The third kappa shape index (κ3) is 13.1. The van der Waals surface area contributed by atoms with Crippen LogP contribution in [0.3, 0.4) is 0 Å². The van der Waals surface area contributed by atoms with Crippen molar-refractivity contribution >= 4 is 17.9 Å². The minimum Gasteiger partial charge on any atom is -0.508 e. The summed E-state index contributed by atoms with van der Waals surface area (Å²) in [5.41, 5.74) is 3.66. The summed E-state index contributed by atoms with van der Waals surface area (Å²) in [7, 11) is 1.69. The zero-order valence-electron chi connectivity index (χ0n) is 36.8. The minimum atomic E-state index is -0.654. The van der Waals surface area contributed by atoms with Crippen LogP contribution in [0.1, 0.15) is 148 Å². The first kappa shape index (κ1) is 45.3. The van der Waals surface area contributed by atoms with Crippen molar-refractivity contribution in [3.05, 3.63) is 58.7 Å². The van der Waals surface area contributed by atoms with Crippen LogP contribution in [0.25, 0.3) is 0 Å². The Morgan fingerprint density at radius 1 is 0.759 bits per heavy atom. The lowest BCUT2D eigenvalue weighted by atomic mass is 9.82. The molecule has 2 heterocycles. The predicted molar refractivity (Wildman–Crippen MR) is 231 cm³/mol. The van der Waals surface area contributed by atoms with Gasteiger partial charge in [-0.1, -0.05) is 104 Å². The SMILES string of the molecule is CC(C)[C@@H](CC1CCCCC1)NC(=O)[C@H]1Cc2ccc(O)cc2CN1C(=O)OC(C)(C)C.COc1ccc2c(c1)CN[C@@H](C(=O)N[C@H](CC1CCCCC1)C(C)C)C2. The lowest BCUT2D eigenvalue weighted by molar-refractivity contribution is -0.128. The molecule has 0 radical (unpaired) electrons. The number of benzene rings is 2. The predicted octanol–water partition coefficient (Wildman–Crippen LogP) is 8.99.